The summed E-state index contributed by atoms with van der Waals surface area (Å²) < 4.78 is 13.7. The van der Waals surface area contributed by atoms with Crippen molar-refractivity contribution in [3.05, 3.63) is 46.1 Å². The summed E-state index contributed by atoms with van der Waals surface area (Å²) in [5.74, 6) is -0.234. The van der Waals surface area contributed by atoms with Crippen molar-refractivity contribution in [2.75, 3.05) is 0 Å². The largest absolute Gasteiger partial charge is 0.297 e. The van der Waals surface area contributed by atoms with E-state index in [-0.39, 0.29) is 5.82 Å². The maximum absolute atomic E-state index is 13.7. The molecule has 0 N–H and O–H groups in total. The second-order valence-electron chi connectivity index (χ2n) is 3.76. The highest BCUT2D eigenvalue weighted by Gasteiger charge is 2.11. The van der Waals surface area contributed by atoms with Crippen LogP contribution in [0.3, 0.4) is 0 Å². The molecular weight excluding hydrogens is 223 g/mol. The minimum absolute atomic E-state index is 0.234. The van der Waals surface area contributed by atoms with E-state index in [2.05, 4.69) is 0 Å². The lowest BCUT2D eigenvalue weighted by Crippen LogP contribution is -1.84. The minimum Gasteiger partial charge on any atom is -0.297 e. The molecule has 0 saturated heterocycles. The second kappa shape index (κ2) is 4.18. The molecule has 2 rings (SSSR count). The minimum atomic E-state index is -0.234. The lowest BCUT2D eigenvalue weighted by atomic mass is 10.1. The third kappa shape index (κ3) is 1.91. The SMILES string of the molecule is Cc1ccc(-c2sc(C=O)cc2C)c(F)c1. The number of hydrogen-bond acceptors (Lipinski definition) is 2. The average molecular weight is 234 g/mol. The van der Waals surface area contributed by atoms with Gasteiger partial charge in [0.2, 0.25) is 0 Å². The van der Waals surface area contributed by atoms with E-state index >= 15 is 0 Å². The predicted molar refractivity (Wildman–Crippen MR) is 64.6 cm³/mol. The molecule has 3 heteroatoms. The highest BCUT2D eigenvalue weighted by Crippen LogP contribution is 2.33. The Labute approximate surface area is 97.6 Å². The quantitative estimate of drug-likeness (QED) is 0.718. The topological polar surface area (TPSA) is 17.1 Å². The average Bonchev–Trinajstić information content (AvgIpc) is 2.60. The molecule has 0 atom stereocenters. The Morgan fingerprint density at radius 3 is 2.56 bits per heavy atom. The fourth-order valence-corrected chi connectivity index (χ4v) is 2.65. The third-order valence-electron chi connectivity index (χ3n) is 2.42. The van der Waals surface area contributed by atoms with Gasteiger partial charge in [-0.1, -0.05) is 12.1 Å². The molecule has 0 aliphatic heterocycles. The molecule has 1 aromatic heterocycles. The van der Waals surface area contributed by atoms with Crippen LogP contribution in [0, 0.1) is 19.7 Å². The summed E-state index contributed by atoms with van der Waals surface area (Å²) in [5.41, 5.74) is 2.40. The van der Waals surface area contributed by atoms with E-state index in [9.17, 15) is 9.18 Å². The van der Waals surface area contributed by atoms with Gasteiger partial charge in [-0.2, -0.15) is 0 Å². The Bertz CT molecular complexity index is 543. The number of thiophene rings is 1. The summed E-state index contributed by atoms with van der Waals surface area (Å²) in [6.45, 7) is 3.74. The summed E-state index contributed by atoms with van der Waals surface area (Å²) in [4.78, 5) is 12.1. The molecule has 1 aromatic carbocycles. The van der Waals surface area contributed by atoms with Crippen LogP contribution in [0.2, 0.25) is 0 Å². The van der Waals surface area contributed by atoms with Gasteiger partial charge in [-0.05, 0) is 37.1 Å². The van der Waals surface area contributed by atoms with Crippen LogP contribution in [0.15, 0.2) is 24.3 Å². The van der Waals surface area contributed by atoms with Crippen molar-refractivity contribution in [2.45, 2.75) is 13.8 Å². The zero-order valence-corrected chi connectivity index (χ0v) is 9.90. The standard InChI is InChI=1S/C13H11FOS/c1-8-3-4-11(12(14)5-8)13-9(2)6-10(7-15)16-13/h3-7H,1-2H3. The first-order valence-electron chi connectivity index (χ1n) is 4.94. The van der Waals surface area contributed by atoms with Crippen LogP contribution in [0.4, 0.5) is 4.39 Å². The molecule has 1 heterocycles. The van der Waals surface area contributed by atoms with Gasteiger partial charge in [0.25, 0.3) is 0 Å². The van der Waals surface area contributed by atoms with E-state index in [0.29, 0.717) is 10.4 Å². The monoisotopic (exact) mass is 234 g/mol. The van der Waals surface area contributed by atoms with Crippen LogP contribution >= 0.6 is 11.3 Å². The summed E-state index contributed by atoms with van der Waals surface area (Å²) in [6, 6.07) is 6.93. The number of aryl methyl sites for hydroxylation is 2. The number of rotatable bonds is 2. The first-order chi connectivity index (χ1) is 7.61. The van der Waals surface area contributed by atoms with Crippen LogP contribution in [-0.4, -0.2) is 6.29 Å². The Morgan fingerprint density at radius 1 is 1.25 bits per heavy atom. The molecule has 0 saturated carbocycles. The van der Waals surface area contributed by atoms with Crippen LogP contribution in [0.5, 0.6) is 0 Å². The number of carbonyl (C=O) groups is 1. The van der Waals surface area contributed by atoms with E-state index in [1.165, 1.54) is 17.4 Å². The Kier molecular flexibility index (Phi) is 2.88. The van der Waals surface area contributed by atoms with Crippen LogP contribution < -0.4 is 0 Å². The summed E-state index contributed by atoms with van der Waals surface area (Å²) in [7, 11) is 0. The molecule has 0 aliphatic carbocycles. The smallest absolute Gasteiger partial charge is 0.160 e. The third-order valence-corrected chi connectivity index (χ3v) is 3.62. The first kappa shape index (κ1) is 11.0. The van der Waals surface area contributed by atoms with Gasteiger partial charge in [-0.25, -0.2) is 4.39 Å². The Balaban J connectivity index is 2.57. The summed E-state index contributed by atoms with van der Waals surface area (Å²) >= 11 is 1.32. The van der Waals surface area contributed by atoms with Gasteiger partial charge < -0.3 is 0 Å². The predicted octanol–water partition coefficient (Wildman–Crippen LogP) is 3.98. The highest BCUT2D eigenvalue weighted by atomic mass is 32.1. The van der Waals surface area contributed by atoms with Crippen molar-refractivity contribution >= 4 is 17.6 Å². The van der Waals surface area contributed by atoms with Gasteiger partial charge in [0.1, 0.15) is 5.82 Å². The first-order valence-corrected chi connectivity index (χ1v) is 5.75. The lowest BCUT2D eigenvalue weighted by Gasteiger charge is -2.02. The van der Waals surface area contributed by atoms with Crippen molar-refractivity contribution < 1.29 is 9.18 Å². The molecular formula is C13H11FOS. The summed E-state index contributed by atoms with van der Waals surface area (Å²) in [5, 5.41) is 0. The molecule has 0 spiro atoms. The van der Waals surface area contributed by atoms with Gasteiger partial charge >= 0.3 is 0 Å². The van der Waals surface area contributed by atoms with Crippen LogP contribution in [0.25, 0.3) is 10.4 Å². The van der Waals surface area contributed by atoms with E-state index in [0.717, 1.165) is 22.3 Å². The van der Waals surface area contributed by atoms with Gasteiger partial charge in [-0.3, -0.25) is 4.79 Å². The van der Waals surface area contributed by atoms with E-state index in [1.807, 2.05) is 19.9 Å². The normalized spacial score (nSPS) is 10.4. The van der Waals surface area contributed by atoms with Crippen LogP contribution in [0.1, 0.15) is 20.8 Å². The van der Waals surface area contributed by atoms with Gasteiger partial charge in [0.15, 0.2) is 6.29 Å². The molecule has 0 unspecified atom stereocenters. The maximum Gasteiger partial charge on any atom is 0.160 e. The molecule has 0 aliphatic rings. The van der Waals surface area contributed by atoms with Crippen molar-refractivity contribution in [3.63, 3.8) is 0 Å². The Hall–Kier alpha value is -1.48. The zero-order valence-electron chi connectivity index (χ0n) is 9.08. The highest BCUT2D eigenvalue weighted by molar-refractivity contribution is 7.17. The van der Waals surface area contributed by atoms with E-state index in [1.54, 1.807) is 12.1 Å². The molecule has 1 nitrogen and oxygen atoms in total. The molecule has 2 aromatic rings. The maximum atomic E-state index is 13.7. The van der Waals surface area contributed by atoms with Crippen molar-refractivity contribution in [2.24, 2.45) is 0 Å². The van der Waals surface area contributed by atoms with Gasteiger partial charge in [-0.15, -0.1) is 11.3 Å². The molecule has 0 bridgehead atoms. The molecule has 0 radical (unpaired) electrons. The number of halogens is 1. The fourth-order valence-electron chi connectivity index (χ4n) is 1.64. The van der Waals surface area contributed by atoms with Crippen molar-refractivity contribution in [1.82, 2.24) is 0 Å². The molecule has 0 fully saturated rings. The number of carbonyl (C=O) groups excluding carboxylic acids is 1. The zero-order chi connectivity index (χ0) is 11.7. The second-order valence-corrected chi connectivity index (χ2v) is 4.85. The molecule has 16 heavy (non-hydrogen) atoms. The summed E-state index contributed by atoms with van der Waals surface area (Å²) in [6.07, 6.45) is 0.799. The van der Waals surface area contributed by atoms with Crippen molar-refractivity contribution in [3.8, 4) is 10.4 Å². The van der Waals surface area contributed by atoms with Crippen molar-refractivity contribution in [1.29, 1.82) is 0 Å². The molecule has 0 amide bonds. The van der Waals surface area contributed by atoms with E-state index in [4.69, 9.17) is 0 Å². The number of benzene rings is 1. The van der Waals surface area contributed by atoms with Gasteiger partial charge in [0, 0.05) is 10.4 Å². The van der Waals surface area contributed by atoms with Gasteiger partial charge in [0.05, 0.1) is 4.88 Å². The number of aldehydes is 1. The number of hydrogen-bond donors (Lipinski definition) is 0. The lowest BCUT2D eigenvalue weighted by molar-refractivity contribution is 0.112. The fraction of sp³-hybridized carbons (Fsp3) is 0.154. The van der Waals surface area contributed by atoms with E-state index < -0.39 is 0 Å². The Morgan fingerprint density at radius 2 is 2.00 bits per heavy atom. The molecule has 82 valence electrons. The van der Waals surface area contributed by atoms with Crippen LogP contribution in [-0.2, 0) is 0 Å².